The van der Waals surface area contributed by atoms with Crippen LogP contribution in [0.1, 0.15) is 41.2 Å². The van der Waals surface area contributed by atoms with Crippen LogP contribution in [0.2, 0.25) is 0 Å². The van der Waals surface area contributed by atoms with Gasteiger partial charge in [0.05, 0.1) is 0 Å². The molecule has 8 heteroatoms. The molecule has 0 spiro atoms. The summed E-state index contributed by atoms with van der Waals surface area (Å²) in [7, 11) is 0. The first kappa shape index (κ1) is 17.1. The highest BCUT2D eigenvalue weighted by Gasteiger charge is 2.27. The molecule has 0 radical (unpaired) electrons. The Morgan fingerprint density at radius 3 is 2.65 bits per heavy atom. The second-order valence-electron chi connectivity index (χ2n) is 5.51. The van der Waals surface area contributed by atoms with Crippen molar-refractivity contribution in [3.8, 4) is 0 Å². The quantitative estimate of drug-likeness (QED) is 0.863. The molecule has 2 heterocycles. The Hall–Kier alpha value is -2.22. The minimum Gasteiger partial charge on any atom is -0.480 e. The van der Waals surface area contributed by atoms with E-state index in [0.717, 1.165) is 10.6 Å². The van der Waals surface area contributed by atoms with E-state index >= 15 is 0 Å². The lowest BCUT2D eigenvalue weighted by atomic mass is 9.99. The molecule has 2 N–H and O–H groups in total. The van der Waals surface area contributed by atoms with Crippen molar-refractivity contribution < 1.29 is 14.7 Å². The number of carbonyl (C=O) groups excluding carboxylic acids is 1. The van der Waals surface area contributed by atoms with Gasteiger partial charge in [0.25, 0.3) is 11.5 Å². The number of amides is 1. The fraction of sp³-hybridized carbons (Fsp3) is 0.467. The fourth-order valence-corrected chi connectivity index (χ4v) is 3.16. The third kappa shape index (κ3) is 3.12. The van der Waals surface area contributed by atoms with Gasteiger partial charge in [-0.1, -0.05) is 20.3 Å². The summed E-state index contributed by atoms with van der Waals surface area (Å²) < 4.78 is 1.38. The number of fused-ring (bicyclic) bond motifs is 1. The van der Waals surface area contributed by atoms with Gasteiger partial charge in [0.15, 0.2) is 4.96 Å². The van der Waals surface area contributed by atoms with Gasteiger partial charge < -0.3 is 10.4 Å². The van der Waals surface area contributed by atoms with Crippen molar-refractivity contribution in [2.24, 2.45) is 5.92 Å². The molecule has 2 aromatic rings. The van der Waals surface area contributed by atoms with Gasteiger partial charge >= 0.3 is 5.97 Å². The zero-order chi connectivity index (χ0) is 17.3. The summed E-state index contributed by atoms with van der Waals surface area (Å²) in [4.78, 5) is 41.8. The summed E-state index contributed by atoms with van der Waals surface area (Å²) in [5.41, 5.74) is 0.0921. The molecule has 0 saturated heterocycles. The van der Waals surface area contributed by atoms with E-state index in [4.69, 9.17) is 0 Å². The number of carboxylic acid groups (broad SMARTS) is 1. The van der Waals surface area contributed by atoms with Crippen LogP contribution in [0.4, 0.5) is 0 Å². The average molecular weight is 337 g/mol. The van der Waals surface area contributed by atoms with Gasteiger partial charge in [-0.15, -0.1) is 11.3 Å². The van der Waals surface area contributed by atoms with Crippen LogP contribution in [0, 0.1) is 19.8 Å². The highest BCUT2D eigenvalue weighted by atomic mass is 32.1. The third-order valence-electron chi connectivity index (χ3n) is 4.03. The number of thiazole rings is 1. The topological polar surface area (TPSA) is 101 Å². The van der Waals surface area contributed by atoms with Crippen molar-refractivity contribution in [1.82, 2.24) is 14.7 Å². The number of aryl methyl sites for hydroxylation is 2. The second kappa shape index (κ2) is 6.49. The molecular weight excluding hydrogens is 318 g/mol. The van der Waals surface area contributed by atoms with Gasteiger partial charge in [-0.3, -0.25) is 14.0 Å². The first-order valence-electron chi connectivity index (χ1n) is 7.29. The number of aliphatic carboxylic acids is 1. The average Bonchev–Trinajstić information content (AvgIpc) is 2.79. The maximum atomic E-state index is 12.5. The van der Waals surface area contributed by atoms with Crippen LogP contribution in [-0.4, -0.2) is 32.4 Å². The normalized spacial score (nSPS) is 13.7. The van der Waals surface area contributed by atoms with Gasteiger partial charge in [-0.2, -0.15) is 0 Å². The highest BCUT2D eigenvalue weighted by molar-refractivity contribution is 7.17. The lowest BCUT2D eigenvalue weighted by molar-refractivity contribution is -0.140. The van der Waals surface area contributed by atoms with E-state index in [9.17, 15) is 19.5 Å². The predicted octanol–water partition coefficient (Wildman–Crippen LogP) is 1.60. The number of hydrogen-bond donors (Lipinski definition) is 2. The Kier molecular flexibility index (Phi) is 4.84. The molecule has 0 aliphatic carbocycles. The maximum absolute atomic E-state index is 12.5. The summed E-state index contributed by atoms with van der Waals surface area (Å²) in [5.74, 6) is -2.08. The summed E-state index contributed by atoms with van der Waals surface area (Å²) >= 11 is 1.37. The Labute approximate surface area is 137 Å². The standard InChI is InChI=1S/C15H19N3O4S/c1-5-7(2)11(14(21)22)17-12(19)10-6-16-15-18(13(10)20)8(3)9(4)23-15/h6-7,11H,5H2,1-4H3,(H,17,19)(H,21,22)/t7-,11-/m0/s1. The van der Waals surface area contributed by atoms with Crippen molar-refractivity contribution in [2.45, 2.75) is 40.2 Å². The van der Waals surface area contributed by atoms with Crippen LogP contribution >= 0.6 is 11.3 Å². The minimum atomic E-state index is -1.12. The first-order valence-corrected chi connectivity index (χ1v) is 8.11. The Bertz CT molecular complexity index is 824. The zero-order valence-corrected chi connectivity index (χ0v) is 14.2. The van der Waals surface area contributed by atoms with E-state index in [2.05, 4.69) is 10.3 Å². The number of nitrogens with zero attached hydrogens (tertiary/aromatic N) is 2. The van der Waals surface area contributed by atoms with Gasteiger partial charge in [-0.05, 0) is 19.8 Å². The number of carbonyl (C=O) groups is 2. The lowest BCUT2D eigenvalue weighted by Crippen LogP contribution is -2.46. The van der Waals surface area contributed by atoms with Gasteiger partial charge in [0.1, 0.15) is 11.6 Å². The number of carboxylic acids is 1. The summed E-state index contributed by atoms with van der Waals surface area (Å²) in [6.45, 7) is 7.23. The van der Waals surface area contributed by atoms with Crippen molar-refractivity contribution >= 4 is 28.2 Å². The van der Waals surface area contributed by atoms with Crippen LogP contribution < -0.4 is 10.9 Å². The SMILES string of the molecule is CC[C@H](C)[C@H](NC(=O)c1cnc2sc(C)c(C)n2c1=O)C(=O)O. The number of aromatic nitrogens is 2. The van der Waals surface area contributed by atoms with Crippen LogP contribution in [0.25, 0.3) is 4.96 Å². The Morgan fingerprint density at radius 1 is 1.43 bits per heavy atom. The monoisotopic (exact) mass is 337 g/mol. The first-order chi connectivity index (χ1) is 10.8. The zero-order valence-electron chi connectivity index (χ0n) is 13.4. The largest absolute Gasteiger partial charge is 0.480 e. The van der Waals surface area contributed by atoms with E-state index in [-0.39, 0.29) is 11.5 Å². The molecule has 124 valence electrons. The van der Waals surface area contributed by atoms with E-state index < -0.39 is 23.5 Å². The van der Waals surface area contributed by atoms with Crippen molar-refractivity contribution in [2.75, 3.05) is 0 Å². The molecule has 0 aliphatic rings. The molecule has 0 aromatic carbocycles. The maximum Gasteiger partial charge on any atom is 0.326 e. The van der Waals surface area contributed by atoms with Gasteiger partial charge in [-0.25, -0.2) is 9.78 Å². The highest BCUT2D eigenvalue weighted by Crippen LogP contribution is 2.18. The van der Waals surface area contributed by atoms with Gasteiger partial charge in [0.2, 0.25) is 0 Å². The number of rotatable bonds is 5. The molecule has 23 heavy (non-hydrogen) atoms. The molecule has 0 fully saturated rings. The van der Waals surface area contributed by atoms with E-state index in [1.165, 1.54) is 21.9 Å². The molecule has 0 saturated carbocycles. The van der Waals surface area contributed by atoms with Crippen molar-refractivity contribution in [1.29, 1.82) is 0 Å². The molecule has 0 aliphatic heterocycles. The summed E-state index contributed by atoms with van der Waals surface area (Å²) in [6, 6.07) is -1.04. The van der Waals surface area contributed by atoms with Crippen LogP contribution in [0.3, 0.4) is 0 Å². The molecular formula is C15H19N3O4S. The number of hydrogen-bond acceptors (Lipinski definition) is 5. The van der Waals surface area contributed by atoms with Crippen LogP contribution in [0.15, 0.2) is 11.0 Å². The smallest absolute Gasteiger partial charge is 0.326 e. The molecule has 2 aromatic heterocycles. The second-order valence-corrected chi connectivity index (χ2v) is 6.70. The minimum absolute atomic E-state index is 0.155. The van der Waals surface area contributed by atoms with Crippen LogP contribution in [0.5, 0.6) is 0 Å². The predicted molar refractivity (Wildman–Crippen MR) is 87.2 cm³/mol. The number of nitrogens with one attached hydrogen (secondary N) is 1. The van der Waals surface area contributed by atoms with E-state index in [1.54, 1.807) is 13.8 Å². The lowest BCUT2D eigenvalue weighted by Gasteiger charge is -2.19. The van der Waals surface area contributed by atoms with Crippen molar-refractivity contribution in [3.63, 3.8) is 0 Å². The Balaban J connectivity index is 2.42. The Morgan fingerprint density at radius 2 is 2.09 bits per heavy atom. The van der Waals surface area contributed by atoms with E-state index in [1.807, 2.05) is 13.8 Å². The molecule has 0 unspecified atom stereocenters. The van der Waals surface area contributed by atoms with Crippen LogP contribution in [-0.2, 0) is 4.79 Å². The molecule has 7 nitrogen and oxygen atoms in total. The van der Waals surface area contributed by atoms with E-state index in [0.29, 0.717) is 11.4 Å². The molecule has 2 atom stereocenters. The van der Waals surface area contributed by atoms with Gasteiger partial charge in [0, 0.05) is 16.8 Å². The summed E-state index contributed by atoms with van der Waals surface area (Å²) in [5, 5.41) is 11.7. The third-order valence-corrected chi connectivity index (χ3v) is 5.10. The molecule has 2 rings (SSSR count). The fourth-order valence-electron chi connectivity index (χ4n) is 2.23. The van der Waals surface area contributed by atoms with Crippen molar-refractivity contribution in [3.05, 3.63) is 32.7 Å². The molecule has 0 bridgehead atoms. The summed E-state index contributed by atoms with van der Waals surface area (Å²) in [6.07, 6.45) is 1.80. The molecule has 1 amide bonds.